The molecule has 144 valence electrons. The van der Waals surface area contributed by atoms with E-state index in [4.69, 9.17) is 44.3 Å². The topological polar surface area (TPSA) is 67.8 Å². The number of carbonyl (C=O) groups is 1. The van der Waals surface area contributed by atoms with Crippen LogP contribution in [-0.4, -0.2) is 43.4 Å². The van der Waals surface area contributed by atoms with Crippen LogP contribution in [0.5, 0.6) is 11.5 Å². The quantitative estimate of drug-likeness (QED) is 0.652. The Hall–Kier alpha value is -2.03. The Kier molecular flexibility index (Phi) is 5.78. The highest BCUT2D eigenvalue weighted by Gasteiger charge is 2.36. The highest BCUT2D eigenvalue weighted by molar-refractivity contribution is 6.42. The van der Waals surface area contributed by atoms with Crippen molar-refractivity contribution in [2.75, 3.05) is 37.2 Å². The maximum atomic E-state index is 13.1. The Labute approximate surface area is 169 Å². The van der Waals surface area contributed by atoms with Gasteiger partial charge >= 0.3 is 6.03 Å². The van der Waals surface area contributed by atoms with Crippen molar-refractivity contribution in [1.82, 2.24) is 9.97 Å². The molecule has 27 heavy (non-hydrogen) atoms. The van der Waals surface area contributed by atoms with Crippen molar-refractivity contribution in [3.63, 3.8) is 0 Å². The molecule has 3 rings (SSSR count). The molecule has 11 heteroatoms. The molecule has 7 nitrogen and oxygen atoms in total. The van der Waals surface area contributed by atoms with E-state index >= 15 is 0 Å². The number of halogens is 4. The zero-order chi connectivity index (χ0) is 19.7. The summed E-state index contributed by atoms with van der Waals surface area (Å²) in [6, 6.07) is 0.952. The Morgan fingerprint density at radius 2 is 1.81 bits per heavy atom. The first-order valence-corrected chi connectivity index (χ1v) is 8.82. The van der Waals surface area contributed by atoms with E-state index in [1.807, 2.05) is 0 Å². The number of alkyl halides is 1. The molecule has 1 aliphatic heterocycles. The lowest BCUT2D eigenvalue weighted by atomic mass is 10.1. The smallest absolute Gasteiger partial charge is 0.330 e. The highest BCUT2D eigenvalue weighted by Crippen LogP contribution is 2.47. The molecular weight excluding hydrogens is 422 g/mol. The lowest BCUT2D eigenvalue weighted by Crippen LogP contribution is -2.49. The third-order valence-corrected chi connectivity index (χ3v) is 4.90. The molecule has 1 aromatic heterocycles. The normalized spacial score (nSPS) is 13.6. The number of carbonyl (C=O) groups excluding carboxylic acids is 1. The number of anilines is 2. The van der Waals surface area contributed by atoms with E-state index in [1.54, 1.807) is 0 Å². The minimum atomic E-state index is -0.774. The lowest BCUT2D eigenvalue weighted by Gasteiger charge is -2.36. The van der Waals surface area contributed by atoms with Gasteiger partial charge in [-0.15, -0.1) is 0 Å². The average Bonchev–Trinajstić information content (AvgIpc) is 2.65. The molecule has 0 saturated heterocycles. The van der Waals surface area contributed by atoms with E-state index in [1.165, 1.54) is 31.4 Å². The summed E-state index contributed by atoms with van der Waals surface area (Å²) in [6.45, 7) is -0.931. The van der Waals surface area contributed by atoms with Crippen LogP contribution in [0.2, 0.25) is 15.3 Å². The molecule has 0 unspecified atom stereocenters. The fourth-order valence-electron chi connectivity index (χ4n) is 2.77. The molecule has 2 heterocycles. The van der Waals surface area contributed by atoms with Crippen molar-refractivity contribution in [3.8, 4) is 11.5 Å². The van der Waals surface area contributed by atoms with Crippen LogP contribution in [0.3, 0.4) is 0 Å². The van der Waals surface area contributed by atoms with Gasteiger partial charge in [0.1, 0.15) is 34.0 Å². The van der Waals surface area contributed by atoms with Gasteiger partial charge in [0.25, 0.3) is 0 Å². The van der Waals surface area contributed by atoms with Gasteiger partial charge in [-0.25, -0.2) is 14.2 Å². The molecular formula is C16H14Cl3FN4O3. The minimum absolute atomic E-state index is 0.0435. The lowest BCUT2D eigenvalue weighted by molar-refractivity contribution is 0.249. The summed E-state index contributed by atoms with van der Waals surface area (Å²) >= 11 is 18.7. The summed E-state index contributed by atoms with van der Waals surface area (Å²) in [6.07, 6.45) is 1.47. The van der Waals surface area contributed by atoms with Crippen molar-refractivity contribution >= 4 is 52.3 Å². The first-order valence-electron chi connectivity index (χ1n) is 7.69. The van der Waals surface area contributed by atoms with Crippen molar-refractivity contribution < 1.29 is 18.7 Å². The van der Waals surface area contributed by atoms with Gasteiger partial charge in [-0.05, 0) is 11.6 Å². The number of hydrogen-bond acceptors (Lipinski definition) is 5. The Bertz CT molecular complexity index is 871. The number of benzene rings is 1. The number of aromatic nitrogens is 2. The number of ether oxygens (including phenoxy) is 2. The number of nitrogens with zero attached hydrogens (tertiary/aromatic N) is 4. The standard InChI is InChI=1S/C16H14Cl3FN4O3/c1-26-9-5-10(27-2)12(18)13(11(9)17)24-7-8-6-21-15(19)22-14(8)23(4-3-20)16(24)25/h5-6H,3-4,7H2,1-2H3. The molecule has 0 bridgehead atoms. The first-order chi connectivity index (χ1) is 12.9. The van der Waals surface area contributed by atoms with Gasteiger partial charge in [-0.2, -0.15) is 4.98 Å². The summed E-state index contributed by atoms with van der Waals surface area (Å²) in [4.78, 5) is 23.5. The van der Waals surface area contributed by atoms with Gasteiger partial charge in [0, 0.05) is 17.8 Å². The van der Waals surface area contributed by atoms with E-state index < -0.39 is 12.7 Å². The molecule has 0 radical (unpaired) electrons. The number of methoxy groups -OCH3 is 2. The van der Waals surface area contributed by atoms with E-state index in [9.17, 15) is 9.18 Å². The second-order valence-electron chi connectivity index (χ2n) is 5.45. The van der Waals surface area contributed by atoms with Crippen LogP contribution in [0.15, 0.2) is 12.3 Å². The third kappa shape index (κ3) is 3.44. The summed E-state index contributed by atoms with van der Waals surface area (Å²) in [7, 11) is 2.85. The molecule has 1 aromatic carbocycles. The maximum absolute atomic E-state index is 13.1. The van der Waals surface area contributed by atoms with Crippen LogP contribution >= 0.6 is 34.8 Å². The summed E-state index contributed by atoms with van der Waals surface area (Å²) in [5.74, 6) is 0.794. The first kappa shape index (κ1) is 19.7. The predicted octanol–water partition coefficient (Wildman–Crippen LogP) is 4.37. The molecule has 2 aromatic rings. The van der Waals surface area contributed by atoms with Crippen molar-refractivity contribution in [2.24, 2.45) is 0 Å². The molecule has 2 amide bonds. The number of amides is 2. The van der Waals surface area contributed by atoms with Crippen molar-refractivity contribution in [3.05, 3.63) is 33.2 Å². The van der Waals surface area contributed by atoms with Crippen molar-refractivity contribution in [2.45, 2.75) is 6.54 Å². The SMILES string of the molecule is COc1cc(OC)c(Cl)c(N2Cc3cnc(Cl)nc3N(CCF)C2=O)c1Cl. The van der Waals surface area contributed by atoms with Gasteiger partial charge in [-0.1, -0.05) is 23.2 Å². The van der Waals surface area contributed by atoms with E-state index in [2.05, 4.69) is 9.97 Å². The third-order valence-electron chi connectivity index (χ3n) is 3.99. The summed E-state index contributed by atoms with van der Waals surface area (Å²) < 4.78 is 23.6. The summed E-state index contributed by atoms with van der Waals surface area (Å²) in [5, 5.41) is 0.198. The van der Waals surface area contributed by atoms with Crippen LogP contribution in [0.1, 0.15) is 5.56 Å². The molecule has 0 aliphatic carbocycles. The van der Waals surface area contributed by atoms with E-state index in [0.29, 0.717) is 5.56 Å². The molecule has 0 spiro atoms. The van der Waals surface area contributed by atoms with Crippen molar-refractivity contribution in [1.29, 1.82) is 0 Å². The van der Waals surface area contributed by atoms with Crippen LogP contribution in [-0.2, 0) is 6.54 Å². The van der Waals surface area contributed by atoms with Crippen LogP contribution in [0.25, 0.3) is 0 Å². The van der Waals surface area contributed by atoms with Gasteiger partial charge in [-0.3, -0.25) is 9.80 Å². The van der Waals surface area contributed by atoms with Gasteiger partial charge < -0.3 is 9.47 Å². The monoisotopic (exact) mass is 434 g/mol. The molecule has 0 fully saturated rings. The second-order valence-corrected chi connectivity index (χ2v) is 6.55. The molecule has 0 atom stereocenters. The number of rotatable bonds is 5. The summed E-state index contributed by atoms with van der Waals surface area (Å²) in [5.41, 5.74) is 0.741. The largest absolute Gasteiger partial charge is 0.495 e. The highest BCUT2D eigenvalue weighted by atomic mass is 35.5. The van der Waals surface area contributed by atoms with Gasteiger partial charge in [0.05, 0.1) is 33.0 Å². The molecule has 0 saturated carbocycles. The Balaban J connectivity index is 2.18. The number of fused-ring (bicyclic) bond motifs is 1. The molecule has 1 aliphatic rings. The predicted molar refractivity (Wildman–Crippen MR) is 102 cm³/mol. The molecule has 0 N–H and O–H groups in total. The average molecular weight is 436 g/mol. The van der Waals surface area contributed by atoms with Gasteiger partial charge in [0.2, 0.25) is 5.28 Å². The Morgan fingerprint density at radius 1 is 1.19 bits per heavy atom. The zero-order valence-corrected chi connectivity index (χ0v) is 16.6. The van der Waals surface area contributed by atoms with Crippen LogP contribution in [0, 0.1) is 0 Å². The zero-order valence-electron chi connectivity index (χ0n) is 14.3. The number of hydrogen-bond donors (Lipinski definition) is 0. The van der Waals surface area contributed by atoms with Crippen LogP contribution < -0.4 is 19.3 Å². The van der Waals surface area contributed by atoms with Gasteiger partial charge in [0.15, 0.2) is 0 Å². The fraction of sp³-hybridized carbons (Fsp3) is 0.312. The number of urea groups is 1. The van der Waals surface area contributed by atoms with E-state index in [-0.39, 0.29) is 51.4 Å². The second kappa shape index (κ2) is 7.92. The van der Waals surface area contributed by atoms with Crippen LogP contribution in [0.4, 0.5) is 20.7 Å². The fourth-order valence-corrected chi connectivity index (χ4v) is 3.60. The minimum Gasteiger partial charge on any atom is -0.495 e. The maximum Gasteiger partial charge on any atom is 0.330 e. The Morgan fingerprint density at radius 3 is 2.37 bits per heavy atom. The van der Waals surface area contributed by atoms with E-state index in [0.717, 1.165) is 4.90 Å².